The Hall–Kier alpha value is -1.02. The molecule has 0 heterocycles. The lowest BCUT2D eigenvalue weighted by molar-refractivity contribution is 0.181. The van der Waals surface area contributed by atoms with Crippen LogP contribution in [-0.2, 0) is 0 Å². The van der Waals surface area contributed by atoms with Gasteiger partial charge in [0.25, 0.3) is 0 Å². The van der Waals surface area contributed by atoms with Crippen molar-refractivity contribution in [2.24, 2.45) is 0 Å². The van der Waals surface area contributed by atoms with Crippen LogP contribution in [0.15, 0.2) is 24.3 Å². The molecule has 0 aliphatic heterocycles. The Morgan fingerprint density at radius 1 is 0.643 bits per heavy atom. The summed E-state index contributed by atoms with van der Waals surface area (Å²) in [4.78, 5) is 5.48. The van der Waals surface area contributed by atoms with Crippen LogP contribution in [0.2, 0.25) is 0 Å². The topological polar surface area (TPSA) is 6.48 Å². The van der Waals surface area contributed by atoms with Crippen molar-refractivity contribution in [2.75, 3.05) is 31.1 Å². The average Bonchev–Trinajstić information content (AvgIpc) is 2.73. The Morgan fingerprint density at radius 2 is 1.14 bits per heavy atom. The zero-order chi connectivity index (χ0) is 20.6. The van der Waals surface area contributed by atoms with Crippen LogP contribution in [0.5, 0.6) is 0 Å². The summed E-state index contributed by atoms with van der Waals surface area (Å²) in [5, 5.41) is 0. The van der Waals surface area contributed by atoms with Crippen molar-refractivity contribution >= 4 is 5.69 Å². The van der Waals surface area contributed by atoms with Crippen molar-refractivity contribution in [1.29, 1.82) is 0 Å². The average molecular weight is 389 g/mol. The molecule has 0 N–H and O–H groups in total. The van der Waals surface area contributed by atoms with Gasteiger partial charge in [0.15, 0.2) is 0 Å². The third-order valence-electron chi connectivity index (χ3n) is 5.80. The second-order valence-electron chi connectivity index (χ2n) is 8.30. The van der Waals surface area contributed by atoms with E-state index in [0.717, 1.165) is 0 Å². The molecule has 0 amide bonds. The first-order valence-corrected chi connectivity index (χ1v) is 12.3. The zero-order valence-corrected chi connectivity index (χ0v) is 19.7. The van der Waals surface area contributed by atoms with Gasteiger partial charge in [0.1, 0.15) is 0 Å². The van der Waals surface area contributed by atoms with Crippen LogP contribution < -0.4 is 4.90 Å². The molecule has 1 aromatic rings. The Bertz CT molecular complexity index is 469. The molecule has 1 unspecified atom stereocenters. The summed E-state index contributed by atoms with van der Waals surface area (Å²) in [6.45, 7) is 16.4. The molecule has 1 aromatic carbocycles. The number of hydrogen-bond acceptors (Lipinski definition) is 2. The van der Waals surface area contributed by atoms with E-state index in [0.29, 0.717) is 6.04 Å². The third kappa shape index (κ3) is 8.55. The van der Waals surface area contributed by atoms with Crippen molar-refractivity contribution in [3.05, 3.63) is 29.8 Å². The second-order valence-corrected chi connectivity index (χ2v) is 8.30. The van der Waals surface area contributed by atoms with Gasteiger partial charge in [0.2, 0.25) is 0 Å². The van der Waals surface area contributed by atoms with Gasteiger partial charge in [0, 0.05) is 24.8 Å². The lowest BCUT2D eigenvalue weighted by Gasteiger charge is -2.36. The Balaban J connectivity index is 3.20. The molecule has 28 heavy (non-hydrogen) atoms. The molecule has 0 aliphatic carbocycles. The van der Waals surface area contributed by atoms with Crippen LogP contribution >= 0.6 is 0 Å². The Labute approximate surface area is 176 Å². The summed E-state index contributed by atoms with van der Waals surface area (Å²) < 4.78 is 0. The highest BCUT2D eigenvalue weighted by molar-refractivity contribution is 5.55. The molecule has 162 valence electrons. The lowest BCUT2D eigenvalue weighted by Crippen LogP contribution is -2.33. The van der Waals surface area contributed by atoms with E-state index in [1.165, 1.54) is 96.1 Å². The maximum absolute atomic E-state index is 2.80. The molecular weight excluding hydrogens is 340 g/mol. The van der Waals surface area contributed by atoms with E-state index >= 15 is 0 Å². The van der Waals surface area contributed by atoms with Crippen molar-refractivity contribution < 1.29 is 0 Å². The number of nitrogens with zero attached hydrogens (tertiary/aromatic N) is 2. The maximum atomic E-state index is 2.80. The molecular formula is C26H48N2. The summed E-state index contributed by atoms with van der Waals surface area (Å²) >= 11 is 0. The van der Waals surface area contributed by atoms with Gasteiger partial charge < -0.3 is 4.90 Å². The van der Waals surface area contributed by atoms with E-state index in [-0.39, 0.29) is 0 Å². The van der Waals surface area contributed by atoms with E-state index in [1.54, 1.807) is 5.56 Å². The fourth-order valence-corrected chi connectivity index (χ4v) is 4.06. The highest BCUT2D eigenvalue weighted by atomic mass is 15.2. The fraction of sp³-hybridized carbons (Fsp3) is 0.769. The van der Waals surface area contributed by atoms with Gasteiger partial charge in [-0.2, -0.15) is 0 Å². The van der Waals surface area contributed by atoms with E-state index in [9.17, 15) is 0 Å². The molecule has 2 nitrogen and oxygen atoms in total. The zero-order valence-electron chi connectivity index (χ0n) is 19.7. The predicted molar refractivity (Wildman–Crippen MR) is 128 cm³/mol. The van der Waals surface area contributed by atoms with Crippen LogP contribution in [0.3, 0.4) is 0 Å². The first kappa shape index (κ1) is 25.0. The molecule has 0 spiro atoms. The van der Waals surface area contributed by atoms with Gasteiger partial charge in [-0.1, -0.05) is 84.9 Å². The molecule has 0 aliphatic rings. The predicted octanol–water partition coefficient (Wildman–Crippen LogP) is 7.84. The lowest BCUT2D eigenvalue weighted by atomic mass is 9.96. The molecule has 0 bridgehead atoms. The molecule has 0 radical (unpaired) electrons. The molecule has 1 atom stereocenters. The number of para-hydroxylation sites is 1. The molecule has 2 heteroatoms. The molecule has 0 saturated heterocycles. The molecule has 0 saturated carbocycles. The standard InChI is InChI=1S/C26H48N2/c1-6-11-20-27(21-12-7-2)25(17-10-5)24-18-15-16-19-26(24)28(22-13-8-3)23-14-9-4/h15-16,18-19,25H,6-14,17,20-23H2,1-5H3. The van der Waals surface area contributed by atoms with Crippen molar-refractivity contribution in [3.8, 4) is 0 Å². The van der Waals surface area contributed by atoms with E-state index in [4.69, 9.17) is 0 Å². The summed E-state index contributed by atoms with van der Waals surface area (Å²) in [5.41, 5.74) is 3.07. The van der Waals surface area contributed by atoms with E-state index < -0.39 is 0 Å². The Kier molecular flexibility index (Phi) is 14.2. The van der Waals surface area contributed by atoms with E-state index in [1.807, 2.05) is 0 Å². The van der Waals surface area contributed by atoms with Crippen LogP contribution in [0, 0.1) is 0 Å². The minimum atomic E-state index is 0.560. The number of rotatable bonds is 17. The highest BCUT2D eigenvalue weighted by Gasteiger charge is 2.23. The van der Waals surface area contributed by atoms with Gasteiger partial charge in [-0.05, 0) is 56.8 Å². The number of benzene rings is 1. The minimum Gasteiger partial charge on any atom is -0.371 e. The van der Waals surface area contributed by atoms with Crippen molar-refractivity contribution in [3.63, 3.8) is 0 Å². The smallest absolute Gasteiger partial charge is 0.0414 e. The third-order valence-corrected chi connectivity index (χ3v) is 5.80. The van der Waals surface area contributed by atoms with Gasteiger partial charge >= 0.3 is 0 Å². The van der Waals surface area contributed by atoms with Crippen molar-refractivity contribution in [2.45, 2.75) is 105 Å². The van der Waals surface area contributed by atoms with Gasteiger partial charge in [-0.15, -0.1) is 0 Å². The molecule has 1 rings (SSSR count). The summed E-state index contributed by atoms with van der Waals surface area (Å²) in [5.74, 6) is 0. The van der Waals surface area contributed by atoms with Crippen LogP contribution in [0.1, 0.15) is 110 Å². The molecule has 0 aromatic heterocycles. The van der Waals surface area contributed by atoms with Gasteiger partial charge in [-0.25, -0.2) is 0 Å². The van der Waals surface area contributed by atoms with Crippen LogP contribution in [0.4, 0.5) is 5.69 Å². The van der Waals surface area contributed by atoms with Gasteiger partial charge in [-0.3, -0.25) is 4.90 Å². The normalized spacial score (nSPS) is 12.5. The summed E-state index contributed by atoms with van der Waals surface area (Å²) in [6.07, 6.45) is 12.8. The van der Waals surface area contributed by atoms with E-state index in [2.05, 4.69) is 68.7 Å². The van der Waals surface area contributed by atoms with Crippen molar-refractivity contribution in [1.82, 2.24) is 4.90 Å². The second kappa shape index (κ2) is 15.9. The molecule has 0 fully saturated rings. The minimum absolute atomic E-state index is 0.560. The summed E-state index contributed by atoms with van der Waals surface area (Å²) in [7, 11) is 0. The number of hydrogen-bond donors (Lipinski definition) is 0. The fourth-order valence-electron chi connectivity index (χ4n) is 4.06. The van der Waals surface area contributed by atoms with Crippen LogP contribution in [-0.4, -0.2) is 31.1 Å². The largest absolute Gasteiger partial charge is 0.371 e. The monoisotopic (exact) mass is 388 g/mol. The first-order valence-electron chi connectivity index (χ1n) is 12.3. The number of anilines is 1. The SMILES string of the molecule is CCCCN(CCCC)c1ccccc1C(CCC)N(CCCC)CCCC. The van der Waals surface area contributed by atoms with Gasteiger partial charge in [0.05, 0.1) is 0 Å². The first-order chi connectivity index (χ1) is 13.7. The van der Waals surface area contributed by atoms with Crippen LogP contribution in [0.25, 0.3) is 0 Å². The highest BCUT2D eigenvalue weighted by Crippen LogP contribution is 2.34. The quantitative estimate of drug-likeness (QED) is 0.268. The number of unbranched alkanes of at least 4 members (excludes halogenated alkanes) is 4. The maximum Gasteiger partial charge on any atom is 0.0414 e. The Morgan fingerprint density at radius 3 is 1.64 bits per heavy atom. The summed E-state index contributed by atoms with van der Waals surface area (Å²) in [6, 6.07) is 9.88.